The summed E-state index contributed by atoms with van der Waals surface area (Å²) in [5.41, 5.74) is 0. The quantitative estimate of drug-likeness (QED) is 0.466. The van der Waals surface area contributed by atoms with Gasteiger partial charge in [0.1, 0.15) is 0 Å². The van der Waals surface area contributed by atoms with Crippen LogP contribution < -0.4 is 5.31 Å². The Bertz CT molecular complexity index is 281. The summed E-state index contributed by atoms with van der Waals surface area (Å²) in [6, 6.07) is -0.743. The van der Waals surface area contributed by atoms with Crippen LogP contribution in [-0.2, 0) is 0 Å². The van der Waals surface area contributed by atoms with Crippen molar-refractivity contribution in [2.75, 3.05) is 6.50 Å². The molecule has 0 fully saturated rings. The third-order valence-corrected chi connectivity index (χ3v) is 0.384. The number of nitrogens with one attached hydrogen (secondary N) is 1. The van der Waals surface area contributed by atoms with Gasteiger partial charge in [-0.3, -0.25) is 0 Å². The second-order valence-electron chi connectivity index (χ2n) is 0.764. The lowest BCUT2D eigenvalue weighted by atomic mass is 10.2. The maximum atomic E-state index is 7.29. The molecule has 6 heavy (non-hydrogen) atoms. The largest absolute Gasteiger partial charge is 0.391 e. The monoisotopic (exact) mass is 91.1 g/mol. The summed E-state index contributed by atoms with van der Waals surface area (Å²) in [6.07, 6.45) is -5.02. The van der Waals surface area contributed by atoms with Gasteiger partial charge in [-0.15, -0.1) is 0 Å². The molecular formula is C5H9N. The van der Waals surface area contributed by atoms with Gasteiger partial charge in [0.2, 0.25) is 0 Å². The molecule has 1 aliphatic heterocycles. The standard InChI is InChI=1S/C5H9N/c1-2-4-6-5-3-1/h2,4,6H,1,3,5H2/i1D2,2D,3D2,5D2/hD. The van der Waals surface area contributed by atoms with Crippen molar-refractivity contribution in [3.63, 3.8) is 0 Å². The molecule has 1 heteroatoms. The van der Waals surface area contributed by atoms with E-state index in [2.05, 4.69) is 0 Å². The van der Waals surface area contributed by atoms with Crippen LogP contribution in [0.3, 0.4) is 0 Å². The van der Waals surface area contributed by atoms with Gasteiger partial charge in [0.25, 0.3) is 0 Å². The van der Waals surface area contributed by atoms with Crippen molar-refractivity contribution in [3.8, 4) is 0 Å². The van der Waals surface area contributed by atoms with Crippen molar-refractivity contribution < 1.29 is 11.0 Å². The fourth-order valence-electron chi connectivity index (χ4n) is 0.193. The van der Waals surface area contributed by atoms with Crippen LogP contribution in [0.2, 0.25) is 1.41 Å². The van der Waals surface area contributed by atoms with Crippen molar-refractivity contribution in [3.05, 3.63) is 12.3 Å². The molecule has 0 bridgehead atoms. The molecule has 1 aliphatic rings. The van der Waals surface area contributed by atoms with Crippen molar-refractivity contribution in [2.24, 2.45) is 0 Å². The Morgan fingerprint density at radius 2 is 3.17 bits per heavy atom. The van der Waals surface area contributed by atoms with Gasteiger partial charge in [-0.05, 0) is 18.9 Å². The van der Waals surface area contributed by atoms with Crippen molar-refractivity contribution in [1.29, 1.82) is 0 Å². The second-order valence-corrected chi connectivity index (χ2v) is 0.764. The van der Waals surface area contributed by atoms with E-state index in [1.807, 2.05) is 0 Å². The number of hydrogen-bond acceptors (Lipinski definition) is 1. The minimum Gasteiger partial charge on any atom is -0.391 e. The molecule has 0 aromatic carbocycles. The SMILES string of the molecule is [2H]C1=CN([2H])C([2H])([2H])C([2H])([2H])C1([2H])[2H]. The molecule has 1 heterocycles. The van der Waals surface area contributed by atoms with Gasteiger partial charge in [0.05, 0.1) is 1.37 Å². The van der Waals surface area contributed by atoms with E-state index in [1.54, 1.807) is 0 Å². The van der Waals surface area contributed by atoms with Crippen LogP contribution in [0, 0.1) is 0 Å². The van der Waals surface area contributed by atoms with Crippen LogP contribution in [0.25, 0.3) is 0 Å². The lowest BCUT2D eigenvalue weighted by molar-refractivity contribution is 0.728. The summed E-state index contributed by atoms with van der Waals surface area (Å²) in [6.45, 7) is -2.79. The van der Waals surface area contributed by atoms with E-state index >= 15 is 0 Å². The first kappa shape index (κ1) is 0.623. The van der Waals surface area contributed by atoms with Gasteiger partial charge in [-0.2, -0.15) is 0 Å². The number of allylic oxidation sites excluding steroid dienone is 1. The molecular weight excluding hydrogens is 74.1 g/mol. The molecule has 0 radical (unpaired) electrons. The van der Waals surface area contributed by atoms with E-state index in [9.17, 15) is 0 Å². The molecule has 34 valence electrons. The Labute approximate surface area is 49.4 Å². The van der Waals surface area contributed by atoms with Crippen LogP contribution >= 0.6 is 0 Å². The zero-order valence-electron chi connectivity index (χ0n) is 11.0. The topological polar surface area (TPSA) is 12.0 Å². The Morgan fingerprint density at radius 1 is 2.17 bits per heavy atom. The zero-order valence-corrected chi connectivity index (χ0v) is 3.02. The fourth-order valence-corrected chi connectivity index (χ4v) is 0.193. The molecule has 0 saturated carbocycles. The molecule has 1 nitrogen and oxygen atoms in total. The van der Waals surface area contributed by atoms with Crippen LogP contribution in [0.4, 0.5) is 0 Å². The molecule has 0 atom stereocenters. The van der Waals surface area contributed by atoms with Gasteiger partial charge in [-0.1, -0.05) is 6.05 Å². The third kappa shape index (κ3) is 0.744. The van der Waals surface area contributed by atoms with Gasteiger partial charge < -0.3 is 5.31 Å². The highest BCUT2D eigenvalue weighted by atomic mass is 14.8. The minimum absolute atomic E-state index is 0.136. The molecule has 0 aromatic rings. The summed E-state index contributed by atoms with van der Waals surface area (Å²) in [5.74, 6) is 0. The van der Waals surface area contributed by atoms with E-state index in [-0.39, 0.29) is 5.31 Å². The number of rotatable bonds is 0. The molecule has 1 N–H and O–H groups in total. The highest BCUT2D eigenvalue weighted by Gasteiger charge is 1.84. The van der Waals surface area contributed by atoms with Crippen molar-refractivity contribution >= 4 is 0 Å². The molecule has 0 unspecified atom stereocenters. The molecule has 0 aliphatic carbocycles. The lowest BCUT2D eigenvalue weighted by Crippen LogP contribution is -2.09. The smallest absolute Gasteiger partial charge is 0.159 e. The summed E-state index contributed by atoms with van der Waals surface area (Å²) in [7, 11) is 0. The average Bonchev–Trinajstić information content (AvgIpc) is 2.01. The van der Waals surface area contributed by atoms with E-state index in [1.165, 1.54) is 0 Å². The van der Waals surface area contributed by atoms with Crippen molar-refractivity contribution in [2.45, 2.75) is 12.7 Å². The van der Waals surface area contributed by atoms with Gasteiger partial charge in [-0.25, -0.2) is 0 Å². The molecule has 0 spiro atoms. The normalized spacial score (nSPS) is 68.0. The lowest BCUT2D eigenvalue weighted by Gasteiger charge is -2.02. The third-order valence-electron chi connectivity index (χ3n) is 0.384. The van der Waals surface area contributed by atoms with Gasteiger partial charge >= 0.3 is 0 Å². The van der Waals surface area contributed by atoms with Gasteiger partial charge in [0.15, 0.2) is 1.41 Å². The first-order chi connectivity index (χ1) is 6.05. The summed E-state index contributed by atoms with van der Waals surface area (Å²) in [5, 5.41) is 0.136. The summed E-state index contributed by atoms with van der Waals surface area (Å²) in [4.78, 5) is 0. The van der Waals surface area contributed by atoms with E-state index in [0.717, 1.165) is 0 Å². The van der Waals surface area contributed by atoms with E-state index in [0.29, 0.717) is 6.20 Å². The van der Waals surface area contributed by atoms with Crippen molar-refractivity contribution in [1.82, 2.24) is 5.31 Å². The van der Waals surface area contributed by atoms with Crippen LogP contribution in [-0.4, -0.2) is 6.50 Å². The first-order valence-electron chi connectivity index (χ1n) is 5.47. The first-order valence-corrected chi connectivity index (χ1v) is 1.52. The van der Waals surface area contributed by atoms with Crippen LogP contribution in [0.15, 0.2) is 12.3 Å². The molecule has 0 saturated heterocycles. The van der Waals surface area contributed by atoms with Crippen LogP contribution in [0.5, 0.6) is 0 Å². The zero-order chi connectivity index (χ0) is 11.4. The Balaban J connectivity index is 3.35. The maximum Gasteiger partial charge on any atom is 0.159 e. The minimum atomic E-state index is -2.94. The van der Waals surface area contributed by atoms with Gasteiger partial charge in [0, 0.05) is 14.7 Å². The Kier molecular flexibility index (Phi) is 0.192. The summed E-state index contributed by atoms with van der Waals surface area (Å²) >= 11 is 0. The predicted octanol–water partition coefficient (Wildman–Crippen LogP) is 0.884. The molecule has 0 amide bonds. The second kappa shape index (κ2) is 1.85. The maximum absolute atomic E-state index is 7.29. The van der Waals surface area contributed by atoms with Crippen LogP contribution in [0.1, 0.15) is 22.3 Å². The van der Waals surface area contributed by atoms with E-state index < -0.39 is 25.3 Å². The highest BCUT2D eigenvalue weighted by molar-refractivity contribution is 4.83. The predicted molar refractivity (Wildman–Crippen MR) is 26.4 cm³/mol. The number of hydrogen-bond donors (Lipinski definition) is 1. The van der Waals surface area contributed by atoms with E-state index in [4.69, 9.17) is 11.0 Å². The highest BCUT2D eigenvalue weighted by Crippen LogP contribution is 1.91. The fraction of sp³-hybridized carbons (Fsp3) is 0.600. The Hall–Kier alpha value is -0.460. The molecule has 1 rings (SSSR count). The Morgan fingerprint density at radius 3 is 4.17 bits per heavy atom. The molecule has 0 aromatic heterocycles. The summed E-state index contributed by atoms with van der Waals surface area (Å²) < 4.78 is 57.8. The average molecular weight is 91.2 g/mol.